The fourth-order valence-corrected chi connectivity index (χ4v) is 2.27. The molecule has 1 unspecified atom stereocenters. The molecule has 1 atom stereocenters. The standard InChI is InChI=1S/C15H33N3O/c1-4-5-6-7-8-9-10-11-12-18(3)13-14(2)15(16)17-19/h14,19H,4-13H2,1-3H3,(H2,16,17). The third kappa shape index (κ3) is 10.8. The largest absolute Gasteiger partial charge is 0.409 e. The maximum absolute atomic E-state index is 8.60. The highest BCUT2D eigenvalue weighted by Crippen LogP contribution is 2.09. The molecule has 4 heteroatoms. The average Bonchev–Trinajstić information content (AvgIpc) is 2.40. The second kappa shape index (κ2) is 12.3. The van der Waals surface area contributed by atoms with E-state index in [1.807, 2.05) is 6.92 Å². The van der Waals surface area contributed by atoms with Gasteiger partial charge < -0.3 is 15.8 Å². The molecule has 0 aromatic carbocycles. The van der Waals surface area contributed by atoms with E-state index in [-0.39, 0.29) is 5.92 Å². The summed E-state index contributed by atoms with van der Waals surface area (Å²) < 4.78 is 0. The summed E-state index contributed by atoms with van der Waals surface area (Å²) in [5.41, 5.74) is 5.57. The van der Waals surface area contributed by atoms with E-state index in [0.29, 0.717) is 5.84 Å². The van der Waals surface area contributed by atoms with Crippen molar-refractivity contribution >= 4 is 5.84 Å². The number of hydrogen-bond donors (Lipinski definition) is 2. The Bertz CT molecular complexity index is 231. The lowest BCUT2D eigenvalue weighted by Gasteiger charge is -2.20. The van der Waals surface area contributed by atoms with E-state index in [1.54, 1.807) is 0 Å². The summed E-state index contributed by atoms with van der Waals surface area (Å²) in [6.45, 7) is 6.19. The number of oxime groups is 1. The number of amidine groups is 1. The molecule has 3 N–H and O–H groups in total. The Labute approximate surface area is 119 Å². The zero-order valence-corrected chi connectivity index (χ0v) is 13.1. The van der Waals surface area contributed by atoms with E-state index in [2.05, 4.69) is 24.0 Å². The Balaban J connectivity index is 3.41. The molecule has 114 valence electrons. The molecular formula is C15H33N3O. The summed E-state index contributed by atoms with van der Waals surface area (Å²) in [6.07, 6.45) is 10.8. The molecule has 0 aliphatic carbocycles. The van der Waals surface area contributed by atoms with Gasteiger partial charge in [-0.3, -0.25) is 0 Å². The van der Waals surface area contributed by atoms with E-state index in [1.165, 1.54) is 51.4 Å². The molecule has 0 heterocycles. The molecule has 0 radical (unpaired) electrons. The SMILES string of the molecule is CCCCCCCCCCN(C)CC(C)C(N)=NO. The minimum absolute atomic E-state index is 0.115. The van der Waals surface area contributed by atoms with Gasteiger partial charge in [-0.1, -0.05) is 63.9 Å². The minimum Gasteiger partial charge on any atom is -0.409 e. The fourth-order valence-electron chi connectivity index (χ4n) is 2.27. The molecule has 0 aromatic heterocycles. The Morgan fingerprint density at radius 3 is 2.16 bits per heavy atom. The molecule has 0 aromatic rings. The Morgan fingerprint density at radius 2 is 1.63 bits per heavy atom. The highest BCUT2D eigenvalue weighted by molar-refractivity contribution is 5.82. The minimum atomic E-state index is 0.115. The highest BCUT2D eigenvalue weighted by atomic mass is 16.4. The second-order valence-corrected chi connectivity index (χ2v) is 5.66. The molecule has 0 bridgehead atoms. The van der Waals surface area contributed by atoms with Crippen molar-refractivity contribution in [3.8, 4) is 0 Å². The van der Waals surface area contributed by atoms with Crippen LogP contribution in [-0.2, 0) is 0 Å². The van der Waals surface area contributed by atoms with Gasteiger partial charge in [0.05, 0.1) is 0 Å². The normalized spacial score (nSPS) is 14.0. The molecule has 0 amide bonds. The predicted octanol–water partition coefficient (Wildman–Crippen LogP) is 3.44. The first kappa shape index (κ1) is 18.2. The van der Waals surface area contributed by atoms with Crippen LogP contribution in [0.1, 0.15) is 65.2 Å². The van der Waals surface area contributed by atoms with Crippen molar-refractivity contribution in [3.63, 3.8) is 0 Å². The zero-order chi connectivity index (χ0) is 14.5. The second-order valence-electron chi connectivity index (χ2n) is 5.66. The number of nitrogens with zero attached hydrogens (tertiary/aromatic N) is 2. The van der Waals surface area contributed by atoms with Gasteiger partial charge in [-0.2, -0.15) is 0 Å². The maximum Gasteiger partial charge on any atom is 0.143 e. The van der Waals surface area contributed by atoms with Gasteiger partial charge in [0, 0.05) is 12.5 Å². The van der Waals surface area contributed by atoms with Gasteiger partial charge in [-0.25, -0.2) is 0 Å². The number of hydrogen-bond acceptors (Lipinski definition) is 3. The molecule has 0 rings (SSSR count). The Hall–Kier alpha value is -0.770. The van der Waals surface area contributed by atoms with Crippen molar-refractivity contribution in [2.75, 3.05) is 20.1 Å². The van der Waals surface area contributed by atoms with Crippen LogP contribution < -0.4 is 5.73 Å². The molecular weight excluding hydrogens is 238 g/mol. The number of unbranched alkanes of at least 4 members (excludes halogenated alkanes) is 7. The van der Waals surface area contributed by atoms with Crippen LogP contribution in [-0.4, -0.2) is 36.1 Å². The average molecular weight is 271 g/mol. The van der Waals surface area contributed by atoms with E-state index in [4.69, 9.17) is 10.9 Å². The van der Waals surface area contributed by atoms with Crippen LogP contribution in [0.3, 0.4) is 0 Å². The van der Waals surface area contributed by atoms with E-state index >= 15 is 0 Å². The molecule has 0 saturated carbocycles. The van der Waals surface area contributed by atoms with Crippen molar-refractivity contribution in [1.29, 1.82) is 0 Å². The first-order valence-corrected chi connectivity index (χ1v) is 7.77. The molecule has 0 aliphatic heterocycles. The predicted molar refractivity (Wildman–Crippen MR) is 82.7 cm³/mol. The quantitative estimate of drug-likeness (QED) is 0.188. The van der Waals surface area contributed by atoms with Gasteiger partial charge in [0.1, 0.15) is 5.84 Å². The molecule has 4 nitrogen and oxygen atoms in total. The van der Waals surface area contributed by atoms with Crippen molar-refractivity contribution in [2.24, 2.45) is 16.8 Å². The molecule has 0 spiro atoms. The Morgan fingerprint density at radius 1 is 1.11 bits per heavy atom. The van der Waals surface area contributed by atoms with E-state index in [0.717, 1.165) is 13.1 Å². The van der Waals surface area contributed by atoms with Crippen LogP contribution in [0, 0.1) is 5.92 Å². The summed E-state index contributed by atoms with van der Waals surface area (Å²) in [4.78, 5) is 2.26. The van der Waals surface area contributed by atoms with Crippen molar-refractivity contribution < 1.29 is 5.21 Å². The van der Waals surface area contributed by atoms with Crippen LogP contribution in [0.25, 0.3) is 0 Å². The van der Waals surface area contributed by atoms with Gasteiger partial charge >= 0.3 is 0 Å². The third-order valence-electron chi connectivity index (χ3n) is 3.60. The first-order valence-electron chi connectivity index (χ1n) is 7.77. The van der Waals surface area contributed by atoms with Crippen LogP contribution in [0.2, 0.25) is 0 Å². The van der Waals surface area contributed by atoms with Crippen molar-refractivity contribution in [1.82, 2.24) is 4.90 Å². The molecule has 19 heavy (non-hydrogen) atoms. The number of nitrogens with two attached hydrogens (primary N) is 1. The summed E-state index contributed by atoms with van der Waals surface area (Å²) in [5, 5.41) is 11.7. The number of rotatable bonds is 12. The summed E-state index contributed by atoms with van der Waals surface area (Å²) in [5.74, 6) is 0.437. The zero-order valence-electron chi connectivity index (χ0n) is 13.1. The molecule has 0 fully saturated rings. The first-order chi connectivity index (χ1) is 9.11. The van der Waals surface area contributed by atoms with Crippen LogP contribution in [0.15, 0.2) is 5.16 Å². The van der Waals surface area contributed by atoms with Crippen molar-refractivity contribution in [2.45, 2.75) is 65.2 Å². The lowest BCUT2D eigenvalue weighted by atomic mass is 10.1. The topological polar surface area (TPSA) is 61.8 Å². The smallest absolute Gasteiger partial charge is 0.143 e. The highest BCUT2D eigenvalue weighted by Gasteiger charge is 2.10. The lowest BCUT2D eigenvalue weighted by molar-refractivity contribution is 0.290. The monoisotopic (exact) mass is 271 g/mol. The van der Waals surface area contributed by atoms with Crippen molar-refractivity contribution in [3.05, 3.63) is 0 Å². The maximum atomic E-state index is 8.60. The Kier molecular flexibility index (Phi) is 11.8. The summed E-state index contributed by atoms with van der Waals surface area (Å²) in [6, 6.07) is 0. The lowest BCUT2D eigenvalue weighted by Crippen LogP contribution is -2.33. The fraction of sp³-hybridized carbons (Fsp3) is 0.933. The van der Waals surface area contributed by atoms with Crippen LogP contribution >= 0.6 is 0 Å². The van der Waals surface area contributed by atoms with Gasteiger partial charge in [0.2, 0.25) is 0 Å². The van der Waals surface area contributed by atoms with Gasteiger partial charge in [0.25, 0.3) is 0 Å². The van der Waals surface area contributed by atoms with Gasteiger partial charge in [-0.15, -0.1) is 0 Å². The summed E-state index contributed by atoms with van der Waals surface area (Å²) >= 11 is 0. The van der Waals surface area contributed by atoms with Gasteiger partial charge in [-0.05, 0) is 20.0 Å². The van der Waals surface area contributed by atoms with E-state index in [9.17, 15) is 0 Å². The molecule has 0 aliphatic rings. The third-order valence-corrected chi connectivity index (χ3v) is 3.60. The molecule has 0 saturated heterocycles. The summed E-state index contributed by atoms with van der Waals surface area (Å²) in [7, 11) is 2.10. The van der Waals surface area contributed by atoms with Crippen LogP contribution in [0.5, 0.6) is 0 Å². The van der Waals surface area contributed by atoms with Crippen LogP contribution in [0.4, 0.5) is 0 Å². The van der Waals surface area contributed by atoms with E-state index < -0.39 is 0 Å². The van der Waals surface area contributed by atoms with Gasteiger partial charge in [0.15, 0.2) is 0 Å².